The number of rotatable bonds is 10. The van der Waals surface area contributed by atoms with Gasteiger partial charge in [0.1, 0.15) is 23.6 Å². The Morgan fingerprint density at radius 3 is 2.52 bits per heavy atom. The SMILES string of the molecule is CC(C)OC[C@@H](O)CN(Cc1ccc(F)cc1F)C[C@@H]1CC(c2ccc(F)cc2)=NO1. The Bertz CT molecular complexity index is 890. The summed E-state index contributed by atoms with van der Waals surface area (Å²) in [6.07, 6.45) is -0.638. The number of hydrogen-bond donors (Lipinski definition) is 1. The molecule has 0 saturated carbocycles. The van der Waals surface area contributed by atoms with Crippen LogP contribution in [-0.2, 0) is 16.1 Å². The van der Waals surface area contributed by atoms with E-state index in [-0.39, 0.29) is 37.7 Å². The van der Waals surface area contributed by atoms with Gasteiger partial charge in [0.05, 0.1) is 24.5 Å². The van der Waals surface area contributed by atoms with Crippen LogP contribution in [0.25, 0.3) is 0 Å². The second kappa shape index (κ2) is 10.7. The molecule has 0 fully saturated rings. The molecule has 1 heterocycles. The molecule has 0 amide bonds. The highest BCUT2D eigenvalue weighted by atomic mass is 19.1. The predicted octanol–water partition coefficient (Wildman–Crippen LogP) is 3.89. The third kappa shape index (κ3) is 7.05. The predicted molar refractivity (Wildman–Crippen MR) is 111 cm³/mol. The van der Waals surface area contributed by atoms with Crippen molar-refractivity contribution in [3.63, 3.8) is 0 Å². The van der Waals surface area contributed by atoms with E-state index in [0.717, 1.165) is 11.6 Å². The molecule has 0 unspecified atom stereocenters. The zero-order chi connectivity index (χ0) is 22.4. The van der Waals surface area contributed by atoms with Crippen LogP contribution in [-0.4, -0.2) is 53.7 Å². The lowest BCUT2D eigenvalue weighted by atomic mass is 10.0. The van der Waals surface area contributed by atoms with Gasteiger partial charge in [-0.3, -0.25) is 4.90 Å². The molecule has 0 saturated heterocycles. The summed E-state index contributed by atoms with van der Waals surface area (Å²) < 4.78 is 46.1. The Labute approximate surface area is 180 Å². The average Bonchev–Trinajstić information content (AvgIpc) is 3.17. The average molecular weight is 436 g/mol. The summed E-state index contributed by atoms with van der Waals surface area (Å²) in [5.41, 5.74) is 1.78. The van der Waals surface area contributed by atoms with Crippen LogP contribution in [0.5, 0.6) is 0 Å². The van der Waals surface area contributed by atoms with Gasteiger partial charge in [0.25, 0.3) is 0 Å². The number of aliphatic hydroxyl groups is 1. The first-order valence-corrected chi connectivity index (χ1v) is 10.2. The number of aliphatic hydroxyl groups excluding tert-OH is 1. The lowest BCUT2D eigenvalue weighted by molar-refractivity contribution is -0.0196. The van der Waals surface area contributed by atoms with E-state index >= 15 is 0 Å². The zero-order valence-electron chi connectivity index (χ0n) is 17.6. The smallest absolute Gasteiger partial charge is 0.145 e. The molecule has 0 aliphatic carbocycles. The third-order valence-corrected chi connectivity index (χ3v) is 4.87. The van der Waals surface area contributed by atoms with Gasteiger partial charge in [-0.25, -0.2) is 13.2 Å². The molecule has 1 aliphatic rings. The molecular weight excluding hydrogens is 409 g/mol. The van der Waals surface area contributed by atoms with E-state index in [1.807, 2.05) is 18.7 Å². The van der Waals surface area contributed by atoms with Crippen molar-refractivity contribution in [1.82, 2.24) is 4.90 Å². The first-order valence-electron chi connectivity index (χ1n) is 10.2. The van der Waals surface area contributed by atoms with Gasteiger partial charge in [0, 0.05) is 37.7 Å². The van der Waals surface area contributed by atoms with Gasteiger partial charge >= 0.3 is 0 Å². The van der Waals surface area contributed by atoms with Gasteiger partial charge in [-0.05, 0) is 37.6 Å². The van der Waals surface area contributed by atoms with Crippen LogP contribution in [0, 0.1) is 17.5 Å². The minimum atomic E-state index is -0.787. The van der Waals surface area contributed by atoms with Crippen LogP contribution in [0.3, 0.4) is 0 Å². The Morgan fingerprint density at radius 2 is 1.84 bits per heavy atom. The summed E-state index contributed by atoms with van der Waals surface area (Å²) in [6.45, 7) is 4.64. The largest absolute Gasteiger partial charge is 0.390 e. The van der Waals surface area contributed by atoms with Gasteiger partial charge in [-0.15, -0.1) is 0 Å². The normalized spacial score (nSPS) is 17.2. The van der Waals surface area contributed by atoms with Gasteiger partial charge in [-0.1, -0.05) is 23.4 Å². The molecule has 2 aromatic rings. The van der Waals surface area contributed by atoms with Gasteiger partial charge in [-0.2, -0.15) is 0 Å². The van der Waals surface area contributed by atoms with Crippen LogP contribution >= 0.6 is 0 Å². The van der Waals surface area contributed by atoms with Crippen molar-refractivity contribution in [1.29, 1.82) is 0 Å². The van der Waals surface area contributed by atoms with Gasteiger partial charge < -0.3 is 14.7 Å². The van der Waals surface area contributed by atoms with Gasteiger partial charge in [0.2, 0.25) is 0 Å². The molecule has 8 heteroatoms. The Morgan fingerprint density at radius 1 is 1.13 bits per heavy atom. The molecule has 31 heavy (non-hydrogen) atoms. The molecule has 0 spiro atoms. The van der Waals surface area contributed by atoms with E-state index in [9.17, 15) is 18.3 Å². The van der Waals surface area contributed by atoms with Crippen molar-refractivity contribution in [3.05, 3.63) is 71.0 Å². The first kappa shape index (κ1) is 23.2. The van der Waals surface area contributed by atoms with E-state index in [1.54, 1.807) is 12.1 Å². The van der Waals surface area contributed by atoms with Crippen LogP contribution in [0.4, 0.5) is 13.2 Å². The third-order valence-electron chi connectivity index (χ3n) is 4.87. The Kier molecular flexibility index (Phi) is 8.06. The van der Waals surface area contributed by atoms with E-state index in [2.05, 4.69) is 5.16 Å². The molecule has 3 rings (SSSR count). The summed E-state index contributed by atoms with van der Waals surface area (Å²) in [7, 11) is 0. The van der Waals surface area contributed by atoms with Crippen molar-refractivity contribution in [2.24, 2.45) is 5.16 Å². The maximum atomic E-state index is 14.2. The lowest BCUT2D eigenvalue weighted by Gasteiger charge is -2.27. The molecule has 168 valence electrons. The quantitative estimate of drug-likeness (QED) is 0.614. The zero-order valence-corrected chi connectivity index (χ0v) is 17.6. The fourth-order valence-corrected chi connectivity index (χ4v) is 3.38. The van der Waals surface area contributed by atoms with Crippen molar-refractivity contribution in [3.8, 4) is 0 Å². The monoisotopic (exact) mass is 436 g/mol. The molecule has 5 nitrogen and oxygen atoms in total. The highest BCUT2D eigenvalue weighted by Gasteiger charge is 2.26. The number of halogens is 3. The van der Waals surface area contributed by atoms with Crippen LogP contribution in [0.2, 0.25) is 0 Å². The molecule has 2 atom stereocenters. The number of oxime groups is 1. The lowest BCUT2D eigenvalue weighted by Crippen LogP contribution is -2.39. The summed E-state index contributed by atoms with van der Waals surface area (Å²) in [5.74, 6) is -1.62. The fourth-order valence-electron chi connectivity index (χ4n) is 3.38. The molecule has 1 aliphatic heterocycles. The van der Waals surface area contributed by atoms with Crippen LogP contribution in [0.1, 0.15) is 31.4 Å². The first-order chi connectivity index (χ1) is 14.8. The number of benzene rings is 2. The topological polar surface area (TPSA) is 54.3 Å². The minimum Gasteiger partial charge on any atom is -0.390 e. The molecule has 0 bridgehead atoms. The second-order valence-electron chi connectivity index (χ2n) is 7.94. The van der Waals surface area contributed by atoms with Crippen LogP contribution in [0.15, 0.2) is 47.6 Å². The molecule has 0 aromatic heterocycles. The van der Waals surface area contributed by atoms with E-state index in [0.29, 0.717) is 24.2 Å². The van der Waals surface area contributed by atoms with Crippen molar-refractivity contribution in [2.45, 2.75) is 45.1 Å². The van der Waals surface area contributed by atoms with Crippen LogP contribution < -0.4 is 0 Å². The summed E-state index contributed by atoms with van der Waals surface area (Å²) >= 11 is 0. The Balaban J connectivity index is 1.65. The fraction of sp³-hybridized carbons (Fsp3) is 0.435. The van der Waals surface area contributed by atoms with Crippen molar-refractivity contribution in [2.75, 3.05) is 19.7 Å². The Hall–Kier alpha value is -2.42. The second-order valence-corrected chi connectivity index (χ2v) is 7.94. The summed E-state index contributed by atoms with van der Waals surface area (Å²) in [5, 5.41) is 14.5. The van der Waals surface area contributed by atoms with E-state index in [1.165, 1.54) is 24.3 Å². The molecule has 2 aromatic carbocycles. The number of ether oxygens (including phenoxy) is 1. The standard InChI is InChI=1S/C23H27F3N2O3/c1-15(2)30-14-20(29)12-28(11-17-5-8-19(25)9-22(17)26)13-21-10-23(27-31-21)16-3-6-18(24)7-4-16/h3-9,15,20-21,29H,10-14H2,1-2H3/t20-,21-/m0/s1. The van der Waals surface area contributed by atoms with Crippen molar-refractivity contribution >= 4 is 5.71 Å². The molecule has 0 radical (unpaired) electrons. The maximum Gasteiger partial charge on any atom is 0.145 e. The van der Waals surface area contributed by atoms with Gasteiger partial charge in [0.15, 0.2) is 0 Å². The summed E-state index contributed by atoms with van der Waals surface area (Å²) in [4.78, 5) is 7.37. The van der Waals surface area contributed by atoms with E-state index in [4.69, 9.17) is 9.57 Å². The highest BCUT2D eigenvalue weighted by Crippen LogP contribution is 2.20. The van der Waals surface area contributed by atoms with Crippen molar-refractivity contribution < 1.29 is 27.9 Å². The number of hydrogen-bond acceptors (Lipinski definition) is 5. The molecular formula is C23H27F3N2O3. The highest BCUT2D eigenvalue weighted by molar-refractivity contribution is 6.01. The molecule has 1 N–H and O–H groups in total. The summed E-state index contributed by atoms with van der Waals surface area (Å²) in [6, 6.07) is 9.44. The van der Waals surface area contributed by atoms with E-state index < -0.39 is 17.7 Å². The minimum absolute atomic E-state index is 0.0255. The maximum absolute atomic E-state index is 14.2. The number of nitrogens with zero attached hydrogens (tertiary/aromatic N) is 2.